The standard InChI is InChI=1S/C28H36ClN3O4/c1-31-14-6-3-2-4-7-15-32-16-8-5-9-20-17-22(29)11-10-21(20)19-36-25-13-12-24(30-27(25)32)23(28(34)35)18-26(31)33/h10-13,17,23H,2-9,14-16,18-19H2,1H3,(H,34,35)/t23-/m1/s1. The first-order chi connectivity index (χ1) is 17.4. The summed E-state index contributed by atoms with van der Waals surface area (Å²) in [6.07, 6.45) is 8.04. The van der Waals surface area contributed by atoms with E-state index in [0.717, 1.165) is 75.0 Å². The van der Waals surface area contributed by atoms with Crippen molar-refractivity contribution < 1.29 is 19.4 Å². The van der Waals surface area contributed by atoms with Gasteiger partial charge in [0, 0.05) is 38.1 Å². The molecule has 8 heteroatoms. The van der Waals surface area contributed by atoms with Gasteiger partial charge in [0.15, 0.2) is 11.6 Å². The lowest BCUT2D eigenvalue weighted by Gasteiger charge is -2.27. The fraction of sp³-hybridized carbons (Fsp3) is 0.536. The summed E-state index contributed by atoms with van der Waals surface area (Å²) >= 11 is 6.26. The minimum absolute atomic E-state index is 0.105. The van der Waals surface area contributed by atoms with Crippen LogP contribution in [-0.2, 0) is 22.6 Å². The number of carboxylic acids is 1. The van der Waals surface area contributed by atoms with E-state index in [2.05, 4.69) is 4.90 Å². The average molecular weight is 514 g/mol. The molecule has 1 amide bonds. The number of carbonyl (C=O) groups excluding carboxylic acids is 1. The highest BCUT2D eigenvalue weighted by molar-refractivity contribution is 6.30. The predicted octanol–water partition coefficient (Wildman–Crippen LogP) is 5.44. The first-order valence-electron chi connectivity index (χ1n) is 13.0. The third-order valence-electron chi connectivity index (χ3n) is 7.22. The Labute approximate surface area is 218 Å². The molecule has 7 nitrogen and oxygen atoms in total. The van der Waals surface area contributed by atoms with Crippen LogP contribution in [0, 0.1) is 0 Å². The highest BCUT2D eigenvalue weighted by Crippen LogP contribution is 2.33. The van der Waals surface area contributed by atoms with E-state index < -0.39 is 11.9 Å². The lowest BCUT2D eigenvalue weighted by molar-refractivity contribution is -0.142. The number of pyridine rings is 1. The summed E-state index contributed by atoms with van der Waals surface area (Å²) in [5.41, 5.74) is 2.69. The van der Waals surface area contributed by atoms with Crippen LogP contribution in [0.2, 0.25) is 5.02 Å². The molecule has 1 aromatic heterocycles. The molecule has 2 aliphatic heterocycles. The largest absolute Gasteiger partial charge is 0.485 e. The molecule has 0 unspecified atom stereocenters. The van der Waals surface area contributed by atoms with Crippen LogP contribution in [0.4, 0.5) is 5.82 Å². The topological polar surface area (TPSA) is 83.0 Å². The second-order valence-corrected chi connectivity index (χ2v) is 10.3. The molecule has 36 heavy (non-hydrogen) atoms. The molecule has 4 rings (SSSR count). The van der Waals surface area contributed by atoms with E-state index >= 15 is 0 Å². The van der Waals surface area contributed by atoms with Gasteiger partial charge in [-0.3, -0.25) is 9.59 Å². The average Bonchev–Trinajstić information content (AvgIpc) is 2.89. The van der Waals surface area contributed by atoms with Crippen LogP contribution in [0.1, 0.15) is 74.1 Å². The van der Waals surface area contributed by atoms with Gasteiger partial charge >= 0.3 is 5.97 Å². The first kappa shape index (κ1) is 26.3. The summed E-state index contributed by atoms with van der Waals surface area (Å²) in [5, 5.41) is 10.7. The number of aryl methyl sites for hydroxylation is 1. The third-order valence-corrected chi connectivity index (χ3v) is 7.45. The number of ether oxygens (including phenoxy) is 1. The monoisotopic (exact) mass is 513 g/mol. The molecule has 1 aromatic carbocycles. The lowest BCUT2D eigenvalue weighted by Crippen LogP contribution is -2.31. The number of hydrogen-bond acceptors (Lipinski definition) is 5. The van der Waals surface area contributed by atoms with E-state index in [4.69, 9.17) is 21.3 Å². The molecule has 194 valence electrons. The maximum atomic E-state index is 12.8. The zero-order chi connectivity index (χ0) is 25.5. The fourth-order valence-corrected chi connectivity index (χ4v) is 5.20. The number of amides is 1. The minimum Gasteiger partial charge on any atom is -0.485 e. The number of fused-ring (bicyclic) bond motifs is 2. The Morgan fingerprint density at radius 1 is 1.00 bits per heavy atom. The molecule has 0 aliphatic carbocycles. The van der Waals surface area contributed by atoms with E-state index in [1.54, 1.807) is 18.0 Å². The van der Waals surface area contributed by atoms with Gasteiger partial charge in [-0.25, -0.2) is 4.98 Å². The van der Waals surface area contributed by atoms with E-state index in [1.807, 2.05) is 24.3 Å². The van der Waals surface area contributed by atoms with Gasteiger partial charge in [0.05, 0.1) is 5.69 Å². The Morgan fingerprint density at radius 3 is 2.50 bits per heavy atom. The maximum absolute atomic E-state index is 12.8. The molecule has 1 atom stereocenters. The Kier molecular flexibility index (Phi) is 9.08. The Hall–Kier alpha value is -2.80. The van der Waals surface area contributed by atoms with E-state index in [1.165, 1.54) is 5.56 Å². The van der Waals surface area contributed by atoms with Crippen molar-refractivity contribution in [3.63, 3.8) is 0 Å². The van der Waals surface area contributed by atoms with Gasteiger partial charge in [0.2, 0.25) is 5.91 Å². The second kappa shape index (κ2) is 12.4. The normalized spacial score (nSPS) is 20.3. The fourth-order valence-electron chi connectivity index (χ4n) is 5.00. The molecular weight excluding hydrogens is 478 g/mol. The summed E-state index contributed by atoms with van der Waals surface area (Å²) in [4.78, 5) is 33.8. The lowest BCUT2D eigenvalue weighted by atomic mass is 9.99. The number of nitrogens with zero attached hydrogens (tertiary/aromatic N) is 3. The van der Waals surface area contributed by atoms with Gasteiger partial charge in [-0.1, -0.05) is 36.9 Å². The summed E-state index contributed by atoms with van der Waals surface area (Å²) in [5.74, 6) is -0.897. The van der Waals surface area contributed by atoms with Crippen molar-refractivity contribution >= 4 is 29.3 Å². The molecule has 0 radical (unpaired) electrons. The van der Waals surface area contributed by atoms with Crippen LogP contribution >= 0.6 is 11.6 Å². The predicted molar refractivity (Wildman–Crippen MR) is 141 cm³/mol. The number of carboxylic acid groups (broad SMARTS) is 1. The number of halogens is 1. The van der Waals surface area contributed by atoms with Crippen molar-refractivity contribution in [3.05, 3.63) is 52.2 Å². The molecule has 0 saturated heterocycles. The van der Waals surface area contributed by atoms with Crippen molar-refractivity contribution in [3.8, 4) is 5.75 Å². The summed E-state index contributed by atoms with van der Waals surface area (Å²) in [7, 11) is 1.75. The zero-order valence-corrected chi connectivity index (χ0v) is 21.8. The second-order valence-electron chi connectivity index (χ2n) is 9.88. The van der Waals surface area contributed by atoms with Gasteiger partial charge in [-0.05, 0) is 67.5 Å². The van der Waals surface area contributed by atoms with Crippen LogP contribution in [0.15, 0.2) is 30.3 Å². The highest BCUT2D eigenvalue weighted by Gasteiger charge is 2.28. The van der Waals surface area contributed by atoms with E-state index in [9.17, 15) is 14.7 Å². The van der Waals surface area contributed by atoms with Crippen molar-refractivity contribution in [2.75, 3.05) is 31.6 Å². The Morgan fingerprint density at radius 2 is 1.72 bits per heavy atom. The van der Waals surface area contributed by atoms with Crippen molar-refractivity contribution in [2.45, 2.75) is 70.3 Å². The first-order valence-corrected chi connectivity index (χ1v) is 13.4. The van der Waals surface area contributed by atoms with Gasteiger partial charge in [0.1, 0.15) is 12.5 Å². The third kappa shape index (κ3) is 6.69. The number of carbonyl (C=O) groups is 2. The molecular formula is C28H36ClN3O4. The minimum atomic E-state index is -1.04. The van der Waals surface area contributed by atoms with Crippen LogP contribution in [-0.4, -0.2) is 53.5 Å². The number of benzene rings is 1. The van der Waals surface area contributed by atoms with Gasteiger partial charge in [-0.2, -0.15) is 0 Å². The van der Waals surface area contributed by atoms with Crippen molar-refractivity contribution in [1.29, 1.82) is 0 Å². The van der Waals surface area contributed by atoms with Crippen LogP contribution in [0.5, 0.6) is 5.75 Å². The van der Waals surface area contributed by atoms with Crippen molar-refractivity contribution in [1.82, 2.24) is 9.88 Å². The van der Waals surface area contributed by atoms with Gasteiger partial charge < -0.3 is 19.6 Å². The molecule has 0 fully saturated rings. The summed E-state index contributed by atoms with van der Waals surface area (Å²) < 4.78 is 6.30. The quantitative estimate of drug-likeness (QED) is 0.547. The van der Waals surface area contributed by atoms with E-state index in [0.29, 0.717) is 30.4 Å². The maximum Gasteiger partial charge on any atom is 0.313 e. The summed E-state index contributed by atoms with van der Waals surface area (Å²) in [6, 6.07) is 9.44. The Bertz CT molecular complexity index is 1080. The zero-order valence-electron chi connectivity index (χ0n) is 21.0. The van der Waals surface area contributed by atoms with E-state index in [-0.39, 0.29) is 12.3 Å². The van der Waals surface area contributed by atoms with Crippen LogP contribution < -0.4 is 9.64 Å². The number of aliphatic carboxylic acids is 1. The molecule has 2 aliphatic rings. The smallest absolute Gasteiger partial charge is 0.313 e. The van der Waals surface area contributed by atoms with Crippen LogP contribution in [0.3, 0.4) is 0 Å². The molecule has 2 bridgehead atoms. The Balaban J connectivity index is 1.71. The van der Waals surface area contributed by atoms with Gasteiger partial charge in [0.25, 0.3) is 0 Å². The molecule has 1 N–H and O–H groups in total. The molecule has 3 heterocycles. The number of aromatic nitrogens is 1. The highest BCUT2D eigenvalue weighted by atomic mass is 35.5. The molecule has 0 spiro atoms. The molecule has 0 saturated carbocycles. The van der Waals surface area contributed by atoms with Crippen LogP contribution in [0.25, 0.3) is 0 Å². The number of rotatable bonds is 1. The van der Waals surface area contributed by atoms with Crippen molar-refractivity contribution in [2.24, 2.45) is 0 Å². The van der Waals surface area contributed by atoms with Gasteiger partial charge in [-0.15, -0.1) is 0 Å². The summed E-state index contributed by atoms with van der Waals surface area (Å²) in [6.45, 7) is 2.68. The SMILES string of the molecule is CN1CCCCCCCN2CCCCc3cc(Cl)ccc3COc3ccc(nc32)[C@H](C(=O)O)CC1=O. The number of anilines is 1. The molecule has 2 aromatic rings. The number of hydrogen-bond donors (Lipinski definition) is 1.